The van der Waals surface area contributed by atoms with Crippen LogP contribution in [0.4, 0.5) is 11.4 Å². The minimum absolute atomic E-state index is 0.0615. The first-order chi connectivity index (χ1) is 10.8. The quantitative estimate of drug-likeness (QED) is 0.891. The Bertz CT molecular complexity index is 608. The van der Waals surface area contributed by atoms with Gasteiger partial charge in [-0.2, -0.15) is 0 Å². The molecule has 0 bridgehead atoms. The fourth-order valence-corrected chi connectivity index (χ4v) is 2.39. The molecule has 1 aromatic heterocycles. The minimum Gasteiger partial charge on any atom is -0.381 e. The third-order valence-corrected chi connectivity index (χ3v) is 3.59. The van der Waals surface area contributed by atoms with E-state index < -0.39 is 0 Å². The number of anilines is 2. The number of pyridine rings is 1. The van der Waals surface area contributed by atoms with E-state index in [1.54, 1.807) is 6.20 Å². The molecule has 1 atom stereocenters. The molecule has 1 unspecified atom stereocenters. The van der Waals surface area contributed by atoms with Crippen molar-refractivity contribution in [3.05, 3.63) is 54.4 Å². The first kappa shape index (κ1) is 14.5. The molecular formula is C17H19N3O2. The van der Waals surface area contributed by atoms with Crippen molar-refractivity contribution in [2.75, 3.05) is 17.2 Å². The van der Waals surface area contributed by atoms with Crippen molar-refractivity contribution in [2.24, 2.45) is 0 Å². The Hall–Kier alpha value is -2.40. The molecule has 1 aliphatic heterocycles. The second-order valence-corrected chi connectivity index (χ2v) is 5.28. The van der Waals surface area contributed by atoms with Gasteiger partial charge in [0, 0.05) is 36.9 Å². The lowest BCUT2D eigenvalue weighted by Gasteiger charge is -2.11. The topological polar surface area (TPSA) is 63.2 Å². The van der Waals surface area contributed by atoms with Gasteiger partial charge in [-0.05, 0) is 48.7 Å². The molecule has 3 rings (SSSR count). The molecule has 5 nitrogen and oxygen atoms in total. The van der Waals surface area contributed by atoms with E-state index in [0.29, 0.717) is 6.61 Å². The van der Waals surface area contributed by atoms with E-state index >= 15 is 0 Å². The van der Waals surface area contributed by atoms with Crippen LogP contribution >= 0.6 is 0 Å². The monoisotopic (exact) mass is 297 g/mol. The summed E-state index contributed by atoms with van der Waals surface area (Å²) in [6.07, 6.45) is 5.05. The second kappa shape index (κ2) is 7.04. The standard InChI is InChI=1S/C17H19N3O2/c21-17(16-4-2-10-22-16)20-15-7-5-14(6-8-15)19-12-13-3-1-9-18-11-13/h1,3,5-9,11,16,19H,2,4,10,12H2,(H,20,21). The third-order valence-electron chi connectivity index (χ3n) is 3.59. The van der Waals surface area contributed by atoms with Gasteiger partial charge in [-0.3, -0.25) is 9.78 Å². The van der Waals surface area contributed by atoms with Crippen LogP contribution in [0.25, 0.3) is 0 Å². The van der Waals surface area contributed by atoms with Gasteiger partial charge >= 0.3 is 0 Å². The number of nitrogens with one attached hydrogen (secondary N) is 2. The third kappa shape index (κ3) is 3.83. The fourth-order valence-electron chi connectivity index (χ4n) is 2.39. The Morgan fingerprint density at radius 3 is 2.73 bits per heavy atom. The predicted octanol–water partition coefficient (Wildman–Crippen LogP) is 2.81. The molecule has 1 aromatic carbocycles. The van der Waals surface area contributed by atoms with Crippen molar-refractivity contribution in [3.8, 4) is 0 Å². The van der Waals surface area contributed by atoms with E-state index in [-0.39, 0.29) is 12.0 Å². The van der Waals surface area contributed by atoms with E-state index in [4.69, 9.17) is 4.74 Å². The van der Waals surface area contributed by atoms with Gasteiger partial charge in [0.2, 0.25) is 0 Å². The molecule has 0 radical (unpaired) electrons. The van der Waals surface area contributed by atoms with Crippen molar-refractivity contribution in [3.63, 3.8) is 0 Å². The van der Waals surface area contributed by atoms with Gasteiger partial charge in [0.15, 0.2) is 0 Å². The number of nitrogens with zero attached hydrogens (tertiary/aromatic N) is 1. The van der Waals surface area contributed by atoms with E-state index in [0.717, 1.165) is 36.3 Å². The number of rotatable bonds is 5. The first-order valence-corrected chi connectivity index (χ1v) is 7.46. The molecule has 2 aromatic rings. The SMILES string of the molecule is O=C(Nc1ccc(NCc2cccnc2)cc1)C1CCCO1. The number of ether oxygens (including phenoxy) is 1. The van der Waals surface area contributed by atoms with Crippen LogP contribution in [0.1, 0.15) is 18.4 Å². The lowest BCUT2D eigenvalue weighted by Crippen LogP contribution is -2.26. The zero-order chi connectivity index (χ0) is 15.2. The summed E-state index contributed by atoms with van der Waals surface area (Å²) in [5, 5.41) is 6.20. The molecule has 0 saturated carbocycles. The van der Waals surface area contributed by atoms with Crippen LogP contribution in [-0.2, 0) is 16.1 Å². The highest BCUT2D eigenvalue weighted by Crippen LogP contribution is 2.17. The van der Waals surface area contributed by atoms with E-state index in [1.807, 2.05) is 42.6 Å². The molecular weight excluding hydrogens is 278 g/mol. The Morgan fingerprint density at radius 2 is 2.05 bits per heavy atom. The molecule has 22 heavy (non-hydrogen) atoms. The highest BCUT2D eigenvalue weighted by Gasteiger charge is 2.23. The van der Waals surface area contributed by atoms with Gasteiger partial charge in [0.05, 0.1) is 0 Å². The fraction of sp³-hybridized carbons (Fsp3) is 0.294. The summed E-state index contributed by atoms with van der Waals surface area (Å²) >= 11 is 0. The lowest BCUT2D eigenvalue weighted by molar-refractivity contribution is -0.124. The molecule has 114 valence electrons. The molecule has 1 saturated heterocycles. The van der Waals surface area contributed by atoms with Crippen LogP contribution < -0.4 is 10.6 Å². The van der Waals surface area contributed by atoms with Gasteiger partial charge in [0.25, 0.3) is 5.91 Å². The summed E-state index contributed by atoms with van der Waals surface area (Å²) in [6, 6.07) is 11.6. The van der Waals surface area contributed by atoms with Gasteiger partial charge in [-0.15, -0.1) is 0 Å². The van der Waals surface area contributed by atoms with Gasteiger partial charge < -0.3 is 15.4 Å². The second-order valence-electron chi connectivity index (χ2n) is 5.28. The Labute approximate surface area is 129 Å². The van der Waals surface area contributed by atoms with Gasteiger partial charge in [0.1, 0.15) is 6.10 Å². The number of benzene rings is 1. The lowest BCUT2D eigenvalue weighted by atomic mass is 10.2. The van der Waals surface area contributed by atoms with Crippen molar-refractivity contribution in [1.82, 2.24) is 4.98 Å². The Balaban J connectivity index is 1.52. The van der Waals surface area contributed by atoms with Crippen molar-refractivity contribution in [2.45, 2.75) is 25.5 Å². The largest absolute Gasteiger partial charge is 0.381 e. The maximum Gasteiger partial charge on any atom is 0.253 e. The summed E-state index contributed by atoms with van der Waals surface area (Å²) in [4.78, 5) is 16.0. The number of carbonyl (C=O) groups excluding carboxylic acids is 1. The Kier molecular flexibility index (Phi) is 4.65. The number of carbonyl (C=O) groups is 1. The van der Waals surface area contributed by atoms with Crippen LogP contribution in [0.5, 0.6) is 0 Å². The summed E-state index contributed by atoms with van der Waals surface area (Å²) in [5.41, 5.74) is 2.91. The number of hydrogen-bond donors (Lipinski definition) is 2. The van der Waals surface area contributed by atoms with Crippen LogP contribution in [0, 0.1) is 0 Å². The average molecular weight is 297 g/mol. The Morgan fingerprint density at radius 1 is 1.23 bits per heavy atom. The predicted molar refractivity (Wildman–Crippen MR) is 85.6 cm³/mol. The van der Waals surface area contributed by atoms with Crippen LogP contribution in [-0.4, -0.2) is 23.6 Å². The zero-order valence-corrected chi connectivity index (χ0v) is 12.3. The van der Waals surface area contributed by atoms with Gasteiger partial charge in [-0.1, -0.05) is 6.07 Å². The molecule has 2 N–H and O–H groups in total. The first-order valence-electron chi connectivity index (χ1n) is 7.46. The molecule has 5 heteroatoms. The summed E-state index contributed by atoms with van der Waals surface area (Å²) < 4.78 is 5.37. The number of hydrogen-bond acceptors (Lipinski definition) is 4. The van der Waals surface area contributed by atoms with Crippen molar-refractivity contribution in [1.29, 1.82) is 0 Å². The summed E-state index contributed by atoms with van der Waals surface area (Å²) in [5.74, 6) is -0.0615. The molecule has 1 amide bonds. The van der Waals surface area contributed by atoms with Crippen molar-refractivity contribution >= 4 is 17.3 Å². The van der Waals surface area contributed by atoms with Crippen LogP contribution in [0.3, 0.4) is 0 Å². The number of amides is 1. The number of aromatic nitrogens is 1. The molecule has 1 fully saturated rings. The molecule has 0 aliphatic carbocycles. The molecule has 2 heterocycles. The summed E-state index contributed by atoms with van der Waals surface area (Å²) in [7, 11) is 0. The van der Waals surface area contributed by atoms with Crippen LogP contribution in [0.15, 0.2) is 48.8 Å². The van der Waals surface area contributed by atoms with E-state index in [1.165, 1.54) is 0 Å². The maximum atomic E-state index is 12.0. The molecule has 1 aliphatic rings. The van der Waals surface area contributed by atoms with Gasteiger partial charge in [-0.25, -0.2) is 0 Å². The summed E-state index contributed by atoms with van der Waals surface area (Å²) in [6.45, 7) is 1.39. The van der Waals surface area contributed by atoms with E-state index in [2.05, 4.69) is 15.6 Å². The smallest absolute Gasteiger partial charge is 0.253 e. The van der Waals surface area contributed by atoms with E-state index in [9.17, 15) is 4.79 Å². The highest BCUT2D eigenvalue weighted by molar-refractivity contribution is 5.94. The van der Waals surface area contributed by atoms with Crippen molar-refractivity contribution < 1.29 is 9.53 Å². The minimum atomic E-state index is -0.302. The maximum absolute atomic E-state index is 12.0. The zero-order valence-electron chi connectivity index (χ0n) is 12.3. The highest BCUT2D eigenvalue weighted by atomic mass is 16.5. The molecule has 0 spiro atoms. The average Bonchev–Trinajstić information content (AvgIpc) is 3.10. The van der Waals surface area contributed by atoms with Crippen LogP contribution in [0.2, 0.25) is 0 Å². The normalized spacial score (nSPS) is 17.2.